The Balaban J connectivity index is 2.29. The van der Waals surface area contributed by atoms with Gasteiger partial charge in [-0.15, -0.1) is 0 Å². The highest BCUT2D eigenvalue weighted by Gasteiger charge is 2.42. The van der Waals surface area contributed by atoms with E-state index in [0.717, 1.165) is 11.1 Å². The number of carbonyl (C=O) groups excluding carboxylic acids is 1. The Morgan fingerprint density at radius 2 is 1.91 bits per heavy atom. The van der Waals surface area contributed by atoms with Gasteiger partial charge in [-0.3, -0.25) is 0 Å². The molecule has 0 amide bonds. The summed E-state index contributed by atoms with van der Waals surface area (Å²) in [6.07, 6.45) is -4.22. The fourth-order valence-corrected chi connectivity index (χ4v) is 2.39. The number of ether oxygens (including phenoxy) is 2. The first-order valence-corrected chi connectivity index (χ1v) is 6.97. The number of aryl methyl sites for hydroxylation is 2. The van der Waals surface area contributed by atoms with E-state index in [1.807, 2.05) is 13.8 Å². The predicted molar refractivity (Wildman–Crippen MR) is 78.6 cm³/mol. The molecule has 4 N–H and O–H groups in total. The van der Waals surface area contributed by atoms with Crippen LogP contribution in [0.25, 0.3) is 0 Å². The topological polar surface area (TPSA) is 108 Å². The van der Waals surface area contributed by atoms with Crippen LogP contribution in [0.3, 0.4) is 0 Å². The first-order chi connectivity index (χ1) is 10.4. The molecule has 1 aliphatic heterocycles. The molecule has 4 atom stereocenters. The molecule has 2 rings (SSSR count). The third-order valence-corrected chi connectivity index (χ3v) is 3.88. The molecule has 1 heterocycles. The van der Waals surface area contributed by atoms with Crippen molar-refractivity contribution in [1.82, 2.24) is 0 Å². The largest absolute Gasteiger partial charge is 0.465 e. The van der Waals surface area contributed by atoms with Crippen molar-refractivity contribution in [3.05, 3.63) is 28.8 Å². The summed E-state index contributed by atoms with van der Waals surface area (Å²) in [6, 6.07) is 3.43. The smallest absolute Gasteiger partial charge is 0.339 e. The minimum absolute atomic E-state index is 0.309. The molecule has 0 spiro atoms. The van der Waals surface area contributed by atoms with Crippen molar-refractivity contribution in [2.24, 2.45) is 0 Å². The van der Waals surface area contributed by atoms with Gasteiger partial charge in [-0.1, -0.05) is 0 Å². The van der Waals surface area contributed by atoms with E-state index in [2.05, 4.69) is 5.32 Å². The Bertz CT molecular complexity index is 561. The summed E-state index contributed by atoms with van der Waals surface area (Å²) in [6.45, 7) is 3.35. The van der Waals surface area contributed by atoms with Gasteiger partial charge in [-0.05, 0) is 37.1 Å². The monoisotopic (exact) mass is 311 g/mol. The van der Waals surface area contributed by atoms with E-state index in [9.17, 15) is 15.0 Å². The minimum Gasteiger partial charge on any atom is -0.465 e. The maximum absolute atomic E-state index is 11.9. The number of esters is 1. The van der Waals surface area contributed by atoms with Gasteiger partial charge < -0.3 is 30.1 Å². The second kappa shape index (κ2) is 6.62. The molecule has 0 aliphatic carbocycles. The first-order valence-electron chi connectivity index (χ1n) is 6.97. The summed E-state index contributed by atoms with van der Waals surface area (Å²) in [7, 11) is 1.29. The quantitative estimate of drug-likeness (QED) is 0.577. The predicted octanol–water partition coefficient (Wildman–Crippen LogP) is -0.0591. The van der Waals surface area contributed by atoms with E-state index in [0.29, 0.717) is 11.3 Å². The molecule has 0 saturated carbocycles. The van der Waals surface area contributed by atoms with Gasteiger partial charge in [0.1, 0.15) is 18.3 Å². The normalized spacial score (nSPS) is 27.7. The maximum Gasteiger partial charge on any atom is 0.339 e. The Kier molecular flexibility index (Phi) is 5.02. The van der Waals surface area contributed by atoms with Crippen LogP contribution in [0.5, 0.6) is 0 Å². The van der Waals surface area contributed by atoms with Crippen molar-refractivity contribution in [2.45, 2.75) is 38.4 Å². The van der Waals surface area contributed by atoms with Gasteiger partial charge in [0.15, 0.2) is 6.23 Å². The summed E-state index contributed by atoms with van der Waals surface area (Å²) in [5, 5.41) is 31.7. The number of methoxy groups -OCH3 is 1. The molecule has 1 aromatic rings. The number of aliphatic hydroxyl groups is 3. The van der Waals surface area contributed by atoms with Gasteiger partial charge in [-0.2, -0.15) is 0 Å². The Morgan fingerprint density at radius 3 is 2.45 bits per heavy atom. The number of hydrogen-bond acceptors (Lipinski definition) is 7. The van der Waals surface area contributed by atoms with Gasteiger partial charge in [0, 0.05) is 0 Å². The van der Waals surface area contributed by atoms with Crippen molar-refractivity contribution >= 4 is 11.7 Å². The van der Waals surface area contributed by atoms with E-state index in [1.54, 1.807) is 12.1 Å². The van der Waals surface area contributed by atoms with E-state index >= 15 is 0 Å². The minimum atomic E-state index is -1.22. The van der Waals surface area contributed by atoms with E-state index in [4.69, 9.17) is 14.6 Å². The molecular weight excluding hydrogens is 290 g/mol. The van der Waals surface area contributed by atoms with Crippen molar-refractivity contribution in [3.8, 4) is 0 Å². The van der Waals surface area contributed by atoms with Crippen molar-refractivity contribution < 1.29 is 29.6 Å². The first kappa shape index (κ1) is 16.7. The summed E-state index contributed by atoms with van der Waals surface area (Å²) in [4.78, 5) is 11.9. The molecular formula is C15H21NO6. The molecule has 0 unspecified atom stereocenters. The molecule has 7 heteroatoms. The summed E-state index contributed by atoms with van der Waals surface area (Å²) in [5.74, 6) is -0.516. The van der Waals surface area contributed by atoms with Crippen LogP contribution in [0.15, 0.2) is 12.1 Å². The highest BCUT2D eigenvalue weighted by molar-refractivity contribution is 5.96. The lowest BCUT2D eigenvalue weighted by Crippen LogP contribution is -2.36. The molecule has 1 fully saturated rings. The number of benzene rings is 1. The van der Waals surface area contributed by atoms with E-state index < -0.39 is 37.1 Å². The van der Waals surface area contributed by atoms with Gasteiger partial charge >= 0.3 is 5.97 Å². The molecule has 1 saturated heterocycles. The van der Waals surface area contributed by atoms with Gasteiger partial charge in [0.05, 0.1) is 25.0 Å². The Morgan fingerprint density at radius 1 is 1.27 bits per heavy atom. The van der Waals surface area contributed by atoms with Crippen LogP contribution in [0.1, 0.15) is 21.5 Å². The Labute approximate surface area is 128 Å². The van der Waals surface area contributed by atoms with Crippen LogP contribution < -0.4 is 5.32 Å². The summed E-state index contributed by atoms with van der Waals surface area (Å²) >= 11 is 0. The fourth-order valence-electron chi connectivity index (χ4n) is 2.39. The van der Waals surface area contributed by atoms with Crippen LogP contribution >= 0.6 is 0 Å². The molecule has 1 aromatic carbocycles. The van der Waals surface area contributed by atoms with E-state index in [-0.39, 0.29) is 0 Å². The number of anilines is 1. The zero-order valence-electron chi connectivity index (χ0n) is 12.7. The fraction of sp³-hybridized carbons (Fsp3) is 0.533. The molecule has 7 nitrogen and oxygen atoms in total. The molecule has 22 heavy (non-hydrogen) atoms. The van der Waals surface area contributed by atoms with Crippen molar-refractivity contribution in [2.75, 3.05) is 19.0 Å². The average molecular weight is 311 g/mol. The average Bonchev–Trinajstić information content (AvgIpc) is 2.77. The van der Waals surface area contributed by atoms with Crippen LogP contribution in [-0.2, 0) is 9.47 Å². The second-order valence-electron chi connectivity index (χ2n) is 5.38. The summed E-state index contributed by atoms with van der Waals surface area (Å²) in [5.41, 5.74) is 2.61. The second-order valence-corrected chi connectivity index (χ2v) is 5.38. The number of hydrogen-bond donors (Lipinski definition) is 4. The van der Waals surface area contributed by atoms with Gasteiger partial charge in [0.2, 0.25) is 0 Å². The molecule has 1 aliphatic rings. The number of rotatable bonds is 4. The zero-order valence-corrected chi connectivity index (χ0v) is 12.7. The van der Waals surface area contributed by atoms with Crippen molar-refractivity contribution in [1.29, 1.82) is 0 Å². The zero-order chi connectivity index (χ0) is 16.4. The lowest BCUT2D eigenvalue weighted by Gasteiger charge is -2.20. The standard InChI is InChI=1S/C15H21NO6/c1-7-4-9(15(20)21-3)10(5-8(7)2)16-14-13(19)12(18)11(6-17)22-14/h4-5,11-14,16-19H,6H2,1-3H3/t11-,12+,13-,14+/m0/s1. The molecule has 0 bridgehead atoms. The van der Waals surface area contributed by atoms with Crippen LogP contribution in [-0.4, -0.2) is 59.5 Å². The third kappa shape index (κ3) is 3.07. The van der Waals surface area contributed by atoms with Gasteiger partial charge in [0.25, 0.3) is 0 Å². The highest BCUT2D eigenvalue weighted by Crippen LogP contribution is 2.27. The third-order valence-electron chi connectivity index (χ3n) is 3.88. The molecule has 0 aromatic heterocycles. The van der Waals surface area contributed by atoms with Crippen LogP contribution in [0, 0.1) is 13.8 Å². The van der Waals surface area contributed by atoms with Crippen LogP contribution in [0.4, 0.5) is 5.69 Å². The van der Waals surface area contributed by atoms with Crippen molar-refractivity contribution in [3.63, 3.8) is 0 Å². The number of aliphatic hydroxyl groups excluding tert-OH is 3. The molecule has 122 valence electrons. The number of nitrogens with one attached hydrogen (secondary N) is 1. The SMILES string of the molecule is COC(=O)c1cc(C)c(C)cc1N[C@@H]1O[C@@H](CO)[C@@H](O)[C@@H]1O. The lowest BCUT2D eigenvalue weighted by molar-refractivity contribution is -0.0153. The summed E-state index contributed by atoms with van der Waals surface area (Å²) < 4.78 is 10.1. The molecule has 0 radical (unpaired) electrons. The van der Waals surface area contributed by atoms with Crippen LogP contribution in [0.2, 0.25) is 0 Å². The maximum atomic E-state index is 11.9. The van der Waals surface area contributed by atoms with Gasteiger partial charge in [-0.25, -0.2) is 4.79 Å². The number of carbonyl (C=O) groups is 1. The lowest BCUT2D eigenvalue weighted by atomic mass is 10.0. The highest BCUT2D eigenvalue weighted by atomic mass is 16.6. The van der Waals surface area contributed by atoms with E-state index in [1.165, 1.54) is 7.11 Å². The Hall–Kier alpha value is -1.67.